The fraction of sp³-hybridized carbons (Fsp3) is 0.600. The normalized spacial score (nSPS) is 22.0. The zero-order valence-corrected chi connectivity index (χ0v) is 15.1. The molecule has 0 amide bonds. The lowest BCUT2D eigenvalue weighted by Gasteiger charge is -2.35. The summed E-state index contributed by atoms with van der Waals surface area (Å²) in [6, 6.07) is 4.99. The molecule has 21 heavy (non-hydrogen) atoms. The molecule has 1 aromatic rings. The van der Waals surface area contributed by atoms with Crippen LogP contribution in [0.15, 0.2) is 27.6 Å². The summed E-state index contributed by atoms with van der Waals surface area (Å²) in [6.45, 7) is 4.38. The second-order valence-electron chi connectivity index (χ2n) is 6.37. The van der Waals surface area contributed by atoms with E-state index in [-0.39, 0.29) is 16.4 Å². The molecule has 0 radical (unpaired) electrons. The van der Waals surface area contributed by atoms with Gasteiger partial charge in [0.15, 0.2) is 0 Å². The molecule has 0 heterocycles. The van der Waals surface area contributed by atoms with Crippen LogP contribution >= 0.6 is 15.9 Å². The molecule has 4 nitrogen and oxygen atoms in total. The number of sulfonamides is 1. The van der Waals surface area contributed by atoms with Crippen molar-refractivity contribution in [1.29, 1.82) is 0 Å². The maximum absolute atomic E-state index is 12.6. The lowest BCUT2D eigenvalue weighted by Crippen LogP contribution is -2.40. The highest BCUT2D eigenvalue weighted by atomic mass is 79.9. The van der Waals surface area contributed by atoms with Crippen molar-refractivity contribution in [3.63, 3.8) is 0 Å². The van der Waals surface area contributed by atoms with Crippen LogP contribution in [0, 0.1) is 5.41 Å². The molecule has 1 aliphatic carbocycles. The van der Waals surface area contributed by atoms with Gasteiger partial charge >= 0.3 is 0 Å². The molecular formula is C15H22BrNO3S. The van der Waals surface area contributed by atoms with Crippen LogP contribution < -0.4 is 9.46 Å². The van der Waals surface area contributed by atoms with E-state index in [1.807, 2.05) is 0 Å². The van der Waals surface area contributed by atoms with Crippen LogP contribution in [0.5, 0.6) is 5.75 Å². The number of hydrogen-bond donors (Lipinski definition) is 1. The summed E-state index contributed by atoms with van der Waals surface area (Å²) in [5.41, 5.74) is 0.187. The van der Waals surface area contributed by atoms with Crippen molar-refractivity contribution in [2.45, 2.75) is 50.5 Å². The SMILES string of the molecule is COc1ccc(Br)cc1S(=O)(=O)NC1CCCC(C)(C)C1. The fourth-order valence-corrected chi connectivity index (χ4v) is 4.92. The number of ether oxygens (including phenoxy) is 1. The third-order valence-corrected chi connectivity index (χ3v) is 5.98. The maximum Gasteiger partial charge on any atom is 0.244 e. The van der Waals surface area contributed by atoms with Crippen molar-refractivity contribution in [3.8, 4) is 5.75 Å². The minimum absolute atomic E-state index is 0.0116. The Labute approximate surface area is 135 Å². The molecule has 1 saturated carbocycles. The van der Waals surface area contributed by atoms with E-state index in [1.54, 1.807) is 18.2 Å². The first kappa shape index (κ1) is 16.8. The van der Waals surface area contributed by atoms with E-state index in [9.17, 15) is 8.42 Å². The van der Waals surface area contributed by atoms with Gasteiger partial charge in [0.2, 0.25) is 10.0 Å². The summed E-state index contributed by atoms with van der Waals surface area (Å²) in [7, 11) is -2.10. The van der Waals surface area contributed by atoms with Crippen LogP contribution in [0.1, 0.15) is 39.5 Å². The van der Waals surface area contributed by atoms with E-state index in [2.05, 4.69) is 34.5 Å². The van der Waals surface area contributed by atoms with Crippen LogP contribution in [0.2, 0.25) is 0 Å². The van der Waals surface area contributed by atoms with Gasteiger partial charge in [-0.05, 0) is 42.9 Å². The molecule has 1 fully saturated rings. The number of nitrogens with one attached hydrogen (secondary N) is 1. The smallest absolute Gasteiger partial charge is 0.244 e. The Morgan fingerprint density at radius 2 is 2.10 bits per heavy atom. The van der Waals surface area contributed by atoms with Gasteiger partial charge in [0, 0.05) is 10.5 Å². The minimum Gasteiger partial charge on any atom is -0.495 e. The van der Waals surface area contributed by atoms with Gasteiger partial charge in [-0.1, -0.05) is 36.2 Å². The molecule has 1 unspecified atom stereocenters. The van der Waals surface area contributed by atoms with E-state index in [0.29, 0.717) is 10.2 Å². The van der Waals surface area contributed by atoms with E-state index in [4.69, 9.17) is 4.74 Å². The standard InChI is InChI=1S/C15H22BrNO3S/c1-15(2)8-4-5-12(10-15)17-21(18,19)14-9-11(16)6-7-13(14)20-3/h6-7,9,12,17H,4-5,8,10H2,1-3H3. The monoisotopic (exact) mass is 375 g/mol. The van der Waals surface area contributed by atoms with E-state index >= 15 is 0 Å². The fourth-order valence-electron chi connectivity index (χ4n) is 2.94. The third-order valence-electron chi connectivity index (χ3n) is 3.94. The first-order chi connectivity index (χ1) is 9.73. The summed E-state index contributed by atoms with van der Waals surface area (Å²) >= 11 is 3.31. The first-order valence-corrected chi connectivity index (χ1v) is 9.37. The highest BCUT2D eigenvalue weighted by molar-refractivity contribution is 9.10. The molecule has 1 aromatic carbocycles. The number of benzene rings is 1. The molecule has 6 heteroatoms. The van der Waals surface area contributed by atoms with Crippen LogP contribution in [0.25, 0.3) is 0 Å². The Balaban J connectivity index is 2.24. The molecular weight excluding hydrogens is 354 g/mol. The van der Waals surface area contributed by atoms with Gasteiger partial charge in [0.25, 0.3) is 0 Å². The van der Waals surface area contributed by atoms with Gasteiger partial charge < -0.3 is 4.74 Å². The van der Waals surface area contributed by atoms with Crippen molar-refractivity contribution < 1.29 is 13.2 Å². The van der Waals surface area contributed by atoms with Gasteiger partial charge in [0.1, 0.15) is 10.6 Å². The molecule has 0 aromatic heterocycles. The molecule has 0 bridgehead atoms. The average molecular weight is 376 g/mol. The summed E-state index contributed by atoms with van der Waals surface area (Å²) in [5, 5.41) is 0. The lowest BCUT2D eigenvalue weighted by atomic mass is 9.75. The van der Waals surface area contributed by atoms with E-state index in [0.717, 1.165) is 25.7 Å². The molecule has 1 atom stereocenters. The molecule has 118 valence electrons. The molecule has 0 spiro atoms. The van der Waals surface area contributed by atoms with Crippen molar-refractivity contribution in [2.75, 3.05) is 7.11 Å². The largest absolute Gasteiger partial charge is 0.495 e. The Morgan fingerprint density at radius 1 is 1.38 bits per heavy atom. The Hall–Kier alpha value is -0.590. The second kappa shape index (κ2) is 6.26. The van der Waals surface area contributed by atoms with Crippen LogP contribution in [0.4, 0.5) is 0 Å². The van der Waals surface area contributed by atoms with Gasteiger partial charge in [0.05, 0.1) is 7.11 Å². The van der Waals surface area contributed by atoms with Crippen LogP contribution in [-0.4, -0.2) is 21.6 Å². The highest BCUT2D eigenvalue weighted by Crippen LogP contribution is 2.36. The van der Waals surface area contributed by atoms with Gasteiger partial charge in [-0.3, -0.25) is 0 Å². The second-order valence-corrected chi connectivity index (χ2v) is 8.97. The molecule has 0 saturated heterocycles. The first-order valence-electron chi connectivity index (χ1n) is 7.09. The zero-order chi connectivity index (χ0) is 15.7. The van der Waals surface area contributed by atoms with Crippen molar-refractivity contribution in [1.82, 2.24) is 4.72 Å². The summed E-state index contributed by atoms with van der Waals surface area (Å²) in [5.74, 6) is 0.362. The zero-order valence-electron chi connectivity index (χ0n) is 12.6. The summed E-state index contributed by atoms with van der Waals surface area (Å²) in [4.78, 5) is 0.183. The van der Waals surface area contributed by atoms with Crippen molar-refractivity contribution in [2.24, 2.45) is 5.41 Å². The Bertz CT molecular complexity index is 613. The number of rotatable bonds is 4. The van der Waals surface area contributed by atoms with E-state index < -0.39 is 10.0 Å². The Morgan fingerprint density at radius 3 is 2.71 bits per heavy atom. The summed E-state index contributed by atoms with van der Waals surface area (Å²) < 4.78 is 34.0. The van der Waals surface area contributed by atoms with Gasteiger partial charge in [-0.2, -0.15) is 0 Å². The molecule has 1 aliphatic rings. The molecule has 1 N–H and O–H groups in total. The summed E-state index contributed by atoms with van der Waals surface area (Å²) in [6.07, 6.45) is 3.95. The lowest BCUT2D eigenvalue weighted by molar-refractivity contribution is 0.212. The van der Waals surface area contributed by atoms with E-state index in [1.165, 1.54) is 7.11 Å². The number of hydrogen-bond acceptors (Lipinski definition) is 3. The van der Waals surface area contributed by atoms with Crippen LogP contribution in [-0.2, 0) is 10.0 Å². The van der Waals surface area contributed by atoms with Gasteiger partial charge in [-0.25, -0.2) is 13.1 Å². The predicted molar refractivity (Wildman–Crippen MR) is 87.1 cm³/mol. The quantitative estimate of drug-likeness (QED) is 0.872. The van der Waals surface area contributed by atoms with Crippen molar-refractivity contribution >= 4 is 26.0 Å². The van der Waals surface area contributed by atoms with Crippen LogP contribution in [0.3, 0.4) is 0 Å². The predicted octanol–water partition coefficient (Wildman–Crippen LogP) is 3.70. The Kier molecular flexibility index (Phi) is 5.00. The number of methoxy groups -OCH3 is 1. The average Bonchev–Trinajstić information content (AvgIpc) is 2.37. The molecule has 0 aliphatic heterocycles. The van der Waals surface area contributed by atoms with Crippen molar-refractivity contribution in [3.05, 3.63) is 22.7 Å². The molecule has 2 rings (SSSR count). The maximum atomic E-state index is 12.6. The topological polar surface area (TPSA) is 55.4 Å². The highest BCUT2D eigenvalue weighted by Gasteiger charge is 2.31. The van der Waals surface area contributed by atoms with Gasteiger partial charge in [-0.15, -0.1) is 0 Å². The minimum atomic E-state index is -3.58. The number of halogens is 1. The third kappa shape index (κ3) is 4.20.